The Labute approximate surface area is 83.5 Å². The summed E-state index contributed by atoms with van der Waals surface area (Å²) >= 11 is 0. The zero-order chi connectivity index (χ0) is 13.3. The molecule has 0 aromatic heterocycles. The molecule has 0 aliphatic rings. The summed E-state index contributed by atoms with van der Waals surface area (Å²) in [7, 11) is 0. The Hall–Kier alpha value is -0.640. The summed E-state index contributed by atoms with van der Waals surface area (Å²) in [6.07, 6.45) is -16.6. The predicted molar refractivity (Wildman–Crippen MR) is 33.9 cm³/mol. The maximum atomic E-state index is 12.4. The molecule has 2 nitrogen and oxygen atoms in total. The molecule has 98 valence electrons. The minimum Gasteiger partial charge on any atom is -0.335 e. The van der Waals surface area contributed by atoms with Gasteiger partial charge < -0.3 is 10.2 Å². The highest BCUT2D eigenvalue weighted by atomic mass is 19.3. The van der Waals surface area contributed by atoms with Gasteiger partial charge in [-0.2, -0.15) is 13.2 Å². The van der Waals surface area contributed by atoms with Crippen molar-refractivity contribution in [3.8, 4) is 0 Å². The number of hydrogen-bond donors (Lipinski definition) is 2. The van der Waals surface area contributed by atoms with Gasteiger partial charge in [-0.05, 0) is 0 Å². The second-order valence-corrected chi connectivity index (χ2v) is 2.84. The molecule has 0 saturated heterocycles. The van der Waals surface area contributed by atoms with Crippen LogP contribution in [0.2, 0.25) is 0 Å². The van der Waals surface area contributed by atoms with Crippen LogP contribution in [-0.2, 0) is 0 Å². The molecule has 0 amide bonds. The maximum Gasteiger partial charge on any atom is 0.384 e. The molecule has 0 aromatic carbocycles. The van der Waals surface area contributed by atoms with Crippen molar-refractivity contribution in [2.24, 2.45) is 0 Å². The van der Waals surface area contributed by atoms with Crippen molar-refractivity contribution in [1.29, 1.82) is 0 Å². The summed E-state index contributed by atoms with van der Waals surface area (Å²) in [5.74, 6) is -5.79. The summed E-state index contributed by atoms with van der Waals surface area (Å²) in [4.78, 5) is 0. The first kappa shape index (κ1) is 15.4. The molecule has 0 spiro atoms. The number of aliphatic hydroxyl groups is 2. The van der Waals surface area contributed by atoms with Gasteiger partial charge in [-0.25, -0.2) is 22.0 Å². The first-order valence-electron chi connectivity index (χ1n) is 3.64. The molecule has 3 atom stereocenters. The van der Waals surface area contributed by atoms with Crippen molar-refractivity contribution >= 4 is 0 Å². The van der Waals surface area contributed by atoms with E-state index in [4.69, 9.17) is 10.2 Å². The van der Waals surface area contributed by atoms with Gasteiger partial charge >= 0.3 is 12.0 Å². The van der Waals surface area contributed by atoms with Crippen molar-refractivity contribution in [2.45, 2.75) is 36.9 Å². The van der Waals surface area contributed by atoms with Crippen LogP contribution in [0.15, 0.2) is 0 Å². The van der Waals surface area contributed by atoms with E-state index < -0.39 is 36.9 Å². The summed E-state index contributed by atoms with van der Waals surface area (Å²) in [6, 6.07) is -5.49. The Balaban J connectivity index is 4.86. The van der Waals surface area contributed by atoms with Gasteiger partial charge in [0.2, 0.25) is 6.17 Å². The summed E-state index contributed by atoms with van der Waals surface area (Å²) in [6.45, 7) is 0. The second kappa shape index (κ2) is 4.70. The third-order valence-corrected chi connectivity index (χ3v) is 1.59. The molecule has 10 heteroatoms. The number of halogens is 8. The molecule has 0 fully saturated rings. The van der Waals surface area contributed by atoms with E-state index in [1.54, 1.807) is 0 Å². The smallest absolute Gasteiger partial charge is 0.335 e. The maximum absolute atomic E-state index is 12.4. The molecular weight excluding hydrogens is 256 g/mol. The fourth-order valence-corrected chi connectivity index (χ4v) is 0.676. The van der Waals surface area contributed by atoms with Gasteiger partial charge in [0.25, 0.3) is 6.43 Å². The molecule has 0 rings (SSSR count). The van der Waals surface area contributed by atoms with Crippen LogP contribution in [0.5, 0.6) is 0 Å². The van der Waals surface area contributed by atoms with Gasteiger partial charge in [-0.15, -0.1) is 0 Å². The van der Waals surface area contributed by atoms with Gasteiger partial charge in [0.15, 0.2) is 12.3 Å². The van der Waals surface area contributed by atoms with Gasteiger partial charge in [0.05, 0.1) is 0 Å². The lowest BCUT2D eigenvalue weighted by Gasteiger charge is -2.28. The average molecular weight is 262 g/mol. The van der Waals surface area contributed by atoms with Crippen LogP contribution in [0, 0.1) is 0 Å². The predicted octanol–water partition coefficient (Wildman–Crippen LogP) is 1.51. The minimum absolute atomic E-state index is 3.94. The van der Waals surface area contributed by atoms with E-state index in [1.165, 1.54) is 0 Å². The third-order valence-electron chi connectivity index (χ3n) is 1.59. The number of hydrogen-bond acceptors (Lipinski definition) is 2. The molecule has 0 aromatic rings. The van der Waals surface area contributed by atoms with Crippen molar-refractivity contribution in [1.82, 2.24) is 0 Å². The van der Waals surface area contributed by atoms with Gasteiger partial charge in [0.1, 0.15) is 0 Å². The minimum atomic E-state index is -5.79. The first-order valence-corrected chi connectivity index (χ1v) is 3.64. The highest BCUT2D eigenvalue weighted by Crippen LogP contribution is 2.37. The Morgan fingerprint density at radius 2 is 1.12 bits per heavy atom. The fourth-order valence-electron chi connectivity index (χ4n) is 0.676. The van der Waals surface area contributed by atoms with Crippen LogP contribution in [0.25, 0.3) is 0 Å². The lowest BCUT2D eigenvalue weighted by atomic mass is 10.0. The monoisotopic (exact) mass is 262 g/mol. The van der Waals surface area contributed by atoms with Crippen molar-refractivity contribution in [2.75, 3.05) is 0 Å². The SMILES string of the molecule is OC(O)(F)C(F)(F)C(F)C(F)C(F)C(F)F. The summed E-state index contributed by atoms with van der Waals surface area (Å²) in [5.41, 5.74) is 0. The Morgan fingerprint density at radius 1 is 0.750 bits per heavy atom. The molecule has 2 N–H and O–H groups in total. The largest absolute Gasteiger partial charge is 0.384 e. The fraction of sp³-hybridized carbons (Fsp3) is 1.00. The third kappa shape index (κ3) is 2.94. The lowest BCUT2D eigenvalue weighted by Crippen LogP contribution is -2.56. The zero-order valence-electron chi connectivity index (χ0n) is 7.23. The van der Waals surface area contributed by atoms with Gasteiger partial charge in [0, 0.05) is 0 Å². The van der Waals surface area contributed by atoms with Crippen LogP contribution in [-0.4, -0.2) is 47.1 Å². The molecule has 0 saturated carbocycles. The van der Waals surface area contributed by atoms with E-state index >= 15 is 0 Å². The summed E-state index contributed by atoms with van der Waals surface area (Å²) in [5, 5.41) is 15.4. The Morgan fingerprint density at radius 3 is 1.38 bits per heavy atom. The lowest BCUT2D eigenvalue weighted by molar-refractivity contribution is -0.385. The quantitative estimate of drug-likeness (QED) is 0.582. The molecule has 0 radical (unpaired) electrons. The number of alkyl halides is 8. The molecule has 0 heterocycles. The topological polar surface area (TPSA) is 40.5 Å². The Kier molecular flexibility index (Phi) is 4.51. The average Bonchev–Trinajstić information content (AvgIpc) is 2.12. The van der Waals surface area contributed by atoms with Crippen LogP contribution < -0.4 is 0 Å². The van der Waals surface area contributed by atoms with Crippen molar-refractivity contribution < 1.29 is 45.3 Å². The summed E-state index contributed by atoms with van der Waals surface area (Å²) < 4.78 is 96.3. The van der Waals surface area contributed by atoms with Gasteiger partial charge in [-0.1, -0.05) is 0 Å². The van der Waals surface area contributed by atoms with E-state index in [-0.39, 0.29) is 0 Å². The standard InChI is InChI=1S/C6H6F8O2/c7-1(2(8)4(10)11)3(9)5(12,13)6(14,15)16/h1-4,15-16H. The van der Waals surface area contributed by atoms with E-state index in [0.717, 1.165) is 0 Å². The molecule has 16 heavy (non-hydrogen) atoms. The van der Waals surface area contributed by atoms with Crippen molar-refractivity contribution in [3.63, 3.8) is 0 Å². The molecule has 0 aliphatic heterocycles. The first-order chi connectivity index (χ1) is 6.93. The van der Waals surface area contributed by atoms with Crippen molar-refractivity contribution in [3.05, 3.63) is 0 Å². The van der Waals surface area contributed by atoms with Crippen LogP contribution in [0.3, 0.4) is 0 Å². The normalized spacial score (nSPS) is 19.7. The van der Waals surface area contributed by atoms with Crippen LogP contribution in [0.4, 0.5) is 35.1 Å². The van der Waals surface area contributed by atoms with Crippen LogP contribution in [0.1, 0.15) is 0 Å². The highest BCUT2D eigenvalue weighted by molar-refractivity contribution is 4.92. The highest BCUT2D eigenvalue weighted by Gasteiger charge is 2.63. The molecule has 3 unspecified atom stereocenters. The number of rotatable bonds is 5. The molecule has 0 bridgehead atoms. The van der Waals surface area contributed by atoms with E-state index in [9.17, 15) is 35.1 Å². The molecular formula is C6H6F8O2. The molecule has 0 aliphatic carbocycles. The van der Waals surface area contributed by atoms with E-state index in [2.05, 4.69) is 0 Å². The second-order valence-electron chi connectivity index (χ2n) is 2.84. The van der Waals surface area contributed by atoms with Gasteiger partial charge in [-0.3, -0.25) is 0 Å². The van der Waals surface area contributed by atoms with E-state index in [1.807, 2.05) is 0 Å². The zero-order valence-corrected chi connectivity index (χ0v) is 7.23. The van der Waals surface area contributed by atoms with Crippen LogP contribution >= 0.6 is 0 Å². The Bertz CT molecular complexity index is 227. The van der Waals surface area contributed by atoms with E-state index in [0.29, 0.717) is 0 Å².